The Kier molecular flexibility index (Phi) is 3.69. The fraction of sp³-hybridized carbons (Fsp3) is 0.176. The zero-order valence-corrected chi connectivity index (χ0v) is 11.7. The van der Waals surface area contributed by atoms with Crippen LogP contribution in [0.15, 0.2) is 59.1 Å². The summed E-state index contributed by atoms with van der Waals surface area (Å²) in [7, 11) is 0. The van der Waals surface area contributed by atoms with Gasteiger partial charge in [0.05, 0.1) is 12.5 Å². The summed E-state index contributed by atoms with van der Waals surface area (Å²) in [6, 6.07) is 17.4. The van der Waals surface area contributed by atoms with Crippen LogP contribution in [0.3, 0.4) is 0 Å². The van der Waals surface area contributed by atoms with Gasteiger partial charge in [0.25, 0.3) is 0 Å². The summed E-state index contributed by atoms with van der Waals surface area (Å²) in [4.78, 5) is 12.1. The number of benzene rings is 2. The molecule has 1 heterocycles. The molecule has 0 spiro atoms. The molecule has 2 aromatic carbocycles. The first-order valence-corrected chi connectivity index (χ1v) is 6.91. The van der Waals surface area contributed by atoms with Crippen LogP contribution < -0.4 is 5.32 Å². The Morgan fingerprint density at radius 1 is 1.14 bits per heavy atom. The number of nitrogens with one attached hydrogen (secondary N) is 1. The first-order chi connectivity index (χ1) is 10.2. The van der Waals surface area contributed by atoms with Crippen LogP contribution in [0.1, 0.15) is 24.2 Å². The van der Waals surface area contributed by atoms with Gasteiger partial charge in [0.1, 0.15) is 5.69 Å². The predicted octanol–water partition coefficient (Wildman–Crippen LogP) is 3.25. The molecule has 4 nitrogen and oxygen atoms in total. The van der Waals surface area contributed by atoms with E-state index in [9.17, 15) is 4.79 Å². The third kappa shape index (κ3) is 2.94. The van der Waals surface area contributed by atoms with Gasteiger partial charge in [0.2, 0.25) is 5.91 Å². The van der Waals surface area contributed by atoms with Gasteiger partial charge in [-0.25, -0.2) is 0 Å². The van der Waals surface area contributed by atoms with Crippen LogP contribution in [0.25, 0.3) is 11.0 Å². The van der Waals surface area contributed by atoms with Crippen molar-refractivity contribution in [3.63, 3.8) is 0 Å². The van der Waals surface area contributed by atoms with Crippen LogP contribution in [0, 0.1) is 0 Å². The lowest BCUT2D eigenvalue weighted by molar-refractivity contribution is -0.121. The smallest absolute Gasteiger partial charge is 0.226 e. The van der Waals surface area contributed by atoms with E-state index in [0.717, 1.165) is 10.9 Å². The number of aromatic nitrogens is 1. The number of carbonyl (C=O) groups is 1. The summed E-state index contributed by atoms with van der Waals surface area (Å²) in [5, 5.41) is 7.85. The molecule has 0 bridgehead atoms. The van der Waals surface area contributed by atoms with Crippen molar-refractivity contribution >= 4 is 16.9 Å². The molecule has 3 aromatic rings. The highest BCUT2D eigenvalue weighted by atomic mass is 16.5. The summed E-state index contributed by atoms with van der Waals surface area (Å²) in [6.45, 7) is 1.97. The highest BCUT2D eigenvalue weighted by Gasteiger charge is 2.14. The van der Waals surface area contributed by atoms with Gasteiger partial charge in [-0.05, 0) is 24.6 Å². The molecule has 0 saturated carbocycles. The average Bonchev–Trinajstić information content (AvgIpc) is 2.91. The third-order valence-electron chi connectivity index (χ3n) is 3.46. The minimum atomic E-state index is -0.0644. The molecule has 0 aliphatic rings. The van der Waals surface area contributed by atoms with Crippen molar-refractivity contribution in [3.8, 4) is 0 Å². The standard InChI is InChI=1S/C17H16N2O2/c1-12(13-7-3-2-4-8-13)18-17(20)11-15-14-9-5-6-10-16(14)21-19-15/h2-10,12H,11H2,1H3,(H,18,20)/t12-/m1/s1. The Labute approximate surface area is 122 Å². The molecular weight excluding hydrogens is 264 g/mol. The summed E-state index contributed by atoms with van der Waals surface area (Å²) in [5.74, 6) is -0.0644. The normalized spacial score (nSPS) is 12.2. The highest BCUT2D eigenvalue weighted by molar-refractivity contribution is 5.86. The number of hydrogen-bond donors (Lipinski definition) is 1. The molecule has 1 N–H and O–H groups in total. The fourth-order valence-electron chi connectivity index (χ4n) is 2.34. The number of carbonyl (C=O) groups excluding carboxylic acids is 1. The van der Waals surface area contributed by atoms with Crippen LogP contribution in [-0.4, -0.2) is 11.1 Å². The Morgan fingerprint density at radius 3 is 2.67 bits per heavy atom. The van der Waals surface area contributed by atoms with Crippen molar-refractivity contribution in [2.24, 2.45) is 0 Å². The predicted molar refractivity (Wildman–Crippen MR) is 80.7 cm³/mol. The van der Waals surface area contributed by atoms with Crippen LogP contribution in [0.5, 0.6) is 0 Å². The lowest BCUT2D eigenvalue weighted by atomic mass is 10.1. The number of fused-ring (bicyclic) bond motifs is 1. The van der Waals surface area contributed by atoms with E-state index in [4.69, 9.17) is 4.52 Å². The van der Waals surface area contributed by atoms with E-state index >= 15 is 0 Å². The third-order valence-corrected chi connectivity index (χ3v) is 3.46. The van der Waals surface area contributed by atoms with E-state index < -0.39 is 0 Å². The van der Waals surface area contributed by atoms with Crippen molar-refractivity contribution in [1.82, 2.24) is 10.5 Å². The molecule has 0 radical (unpaired) electrons. The fourth-order valence-corrected chi connectivity index (χ4v) is 2.34. The largest absolute Gasteiger partial charge is 0.356 e. The van der Waals surface area contributed by atoms with Gasteiger partial charge in [-0.2, -0.15) is 0 Å². The first-order valence-electron chi connectivity index (χ1n) is 6.91. The number of para-hydroxylation sites is 1. The second-order valence-corrected chi connectivity index (χ2v) is 5.00. The molecule has 106 valence electrons. The van der Waals surface area contributed by atoms with Crippen LogP contribution in [0.4, 0.5) is 0 Å². The Hall–Kier alpha value is -2.62. The minimum absolute atomic E-state index is 0.0307. The number of hydrogen-bond acceptors (Lipinski definition) is 3. The van der Waals surface area contributed by atoms with E-state index in [-0.39, 0.29) is 18.4 Å². The molecule has 0 saturated heterocycles. The Balaban J connectivity index is 1.69. The van der Waals surface area contributed by atoms with Crippen molar-refractivity contribution in [1.29, 1.82) is 0 Å². The SMILES string of the molecule is C[C@@H](NC(=O)Cc1noc2ccccc12)c1ccccc1. The van der Waals surface area contributed by atoms with Gasteiger partial charge in [-0.15, -0.1) is 0 Å². The molecule has 1 atom stereocenters. The van der Waals surface area contributed by atoms with Crippen molar-refractivity contribution in [2.75, 3.05) is 0 Å². The van der Waals surface area contributed by atoms with Gasteiger partial charge in [0, 0.05) is 5.39 Å². The van der Waals surface area contributed by atoms with Crippen LogP contribution in [-0.2, 0) is 11.2 Å². The number of rotatable bonds is 4. The molecule has 4 heteroatoms. The van der Waals surface area contributed by atoms with Crippen LogP contribution >= 0.6 is 0 Å². The summed E-state index contributed by atoms with van der Waals surface area (Å²) in [6.07, 6.45) is 0.216. The van der Waals surface area contributed by atoms with Gasteiger partial charge in [0.15, 0.2) is 5.58 Å². The number of amides is 1. The van der Waals surface area contributed by atoms with Gasteiger partial charge in [-0.3, -0.25) is 4.79 Å². The maximum Gasteiger partial charge on any atom is 0.226 e. The molecule has 0 unspecified atom stereocenters. The topological polar surface area (TPSA) is 55.1 Å². The zero-order valence-electron chi connectivity index (χ0n) is 11.7. The lowest BCUT2D eigenvalue weighted by Gasteiger charge is -2.13. The summed E-state index contributed by atoms with van der Waals surface area (Å²) >= 11 is 0. The van der Waals surface area contributed by atoms with Gasteiger partial charge in [-0.1, -0.05) is 47.6 Å². The average molecular weight is 280 g/mol. The van der Waals surface area contributed by atoms with E-state index in [1.807, 2.05) is 61.5 Å². The number of nitrogens with zero attached hydrogens (tertiary/aromatic N) is 1. The van der Waals surface area contributed by atoms with E-state index in [0.29, 0.717) is 11.3 Å². The Bertz CT molecular complexity index is 750. The van der Waals surface area contributed by atoms with Crippen molar-refractivity contribution in [3.05, 3.63) is 65.9 Å². The molecular formula is C17H16N2O2. The monoisotopic (exact) mass is 280 g/mol. The molecule has 0 aliphatic carbocycles. The quantitative estimate of drug-likeness (QED) is 0.798. The molecule has 1 aromatic heterocycles. The van der Waals surface area contributed by atoms with Gasteiger partial charge >= 0.3 is 0 Å². The summed E-state index contributed by atoms with van der Waals surface area (Å²) < 4.78 is 5.21. The summed E-state index contributed by atoms with van der Waals surface area (Å²) in [5.41, 5.74) is 2.45. The molecule has 1 amide bonds. The first kappa shape index (κ1) is 13.4. The molecule has 0 fully saturated rings. The van der Waals surface area contributed by atoms with Crippen molar-refractivity contribution in [2.45, 2.75) is 19.4 Å². The van der Waals surface area contributed by atoms with E-state index in [2.05, 4.69) is 10.5 Å². The second-order valence-electron chi connectivity index (χ2n) is 5.00. The Morgan fingerprint density at radius 2 is 1.86 bits per heavy atom. The van der Waals surface area contributed by atoms with Crippen LogP contribution in [0.2, 0.25) is 0 Å². The van der Waals surface area contributed by atoms with Gasteiger partial charge < -0.3 is 9.84 Å². The maximum atomic E-state index is 12.1. The minimum Gasteiger partial charge on any atom is -0.356 e. The zero-order chi connectivity index (χ0) is 14.7. The lowest BCUT2D eigenvalue weighted by Crippen LogP contribution is -2.28. The van der Waals surface area contributed by atoms with E-state index in [1.54, 1.807) is 0 Å². The molecule has 21 heavy (non-hydrogen) atoms. The molecule has 3 rings (SSSR count). The highest BCUT2D eigenvalue weighted by Crippen LogP contribution is 2.18. The maximum absolute atomic E-state index is 12.1. The molecule has 0 aliphatic heterocycles. The van der Waals surface area contributed by atoms with E-state index in [1.165, 1.54) is 0 Å². The van der Waals surface area contributed by atoms with Crippen molar-refractivity contribution < 1.29 is 9.32 Å². The second kappa shape index (κ2) is 5.79.